The van der Waals surface area contributed by atoms with Gasteiger partial charge in [0, 0.05) is 32.7 Å². The minimum Gasteiger partial charge on any atom is -0.493 e. The molecule has 6 nitrogen and oxygen atoms in total. The Bertz CT molecular complexity index is 820. The van der Waals surface area contributed by atoms with Gasteiger partial charge in [-0.25, -0.2) is 0 Å². The summed E-state index contributed by atoms with van der Waals surface area (Å²) in [6.07, 6.45) is 0.314. The van der Waals surface area contributed by atoms with Gasteiger partial charge >= 0.3 is 0 Å². The van der Waals surface area contributed by atoms with Gasteiger partial charge in [0.25, 0.3) is 0 Å². The fourth-order valence-electron chi connectivity index (χ4n) is 3.71. The van der Waals surface area contributed by atoms with E-state index < -0.39 is 0 Å². The Hall–Kier alpha value is -2.73. The number of aryl methyl sites for hydroxylation is 1. The summed E-state index contributed by atoms with van der Waals surface area (Å²) in [5.74, 6) is 1.79. The summed E-state index contributed by atoms with van der Waals surface area (Å²) in [4.78, 5) is 17.2. The topological polar surface area (TPSA) is 51.2 Å². The zero-order valence-electron chi connectivity index (χ0n) is 17.7. The molecule has 0 bridgehead atoms. The molecule has 0 N–H and O–H groups in total. The van der Waals surface area contributed by atoms with Crippen molar-refractivity contribution in [3.05, 3.63) is 53.1 Å². The molecule has 29 heavy (non-hydrogen) atoms. The van der Waals surface area contributed by atoms with Gasteiger partial charge in [-0.2, -0.15) is 0 Å². The van der Waals surface area contributed by atoms with Crippen molar-refractivity contribution in [1.82, 2.24) is 9.80 Å². The molecule has 156 valence electrons. The second kappa shape index (κ2) is 9.65. The highest BCUT2D eigenvalue weighted by Gasteiger charge is 2.22. The number of amides is 1. The molecule has 1 heterocycles. The molecule has 2 aromatic carbocycles. The second-order valence-corrected chi connectivity index (χ2v) is 7.29. The van der Waals surface area contributed by atoms with Crippen LogP contribution in [-0.4, -0.2) is 63.2 Å². The highest BCUT2D eigenvalue weighted by atomic mass is 16.5. The maximum atomic E-state index is 12.8. The lowest BCUT2D eigenvalue weighted by molar-refractivity contribution is -0.132. The first-order valence-corrected chi connectivity index (χ1v) is 9.89. The molecule has 0 spiro atoms. The molecule has 0 aliphatic carbocycles. The third kappa shape index (κ3) is 5.01. The van der Waals surface area contributed by atoms with Crippen molar-refractivity contribution < 1.29 is 19.0 Å². The molecule has 3 rings (SSSR count). The van der Waals surface area contributed by atoms with Crippen LogP contribution >= 0.6 is 0 Å². The average molecular weight is 399 g/mol. The molecule has 1 fully saturated rings. The molecule has 2 aromatic rings. The summed E-state index contributed by atoms with van der Waals surface area (Å²) in [6.45, 7) is 6.34. The van der Waals surface area contributed by atoms with Gasteiger partial charge in [0.1, 0.15) is 0 Å². The Labute approximate surface area is 173 Å². The predicted octanol–water partition coefficient (Wildman–Crippen LogP) is 2.91. The summed E-state index contributed by atoms with van der Waals surface area (Å²) >= 11 is 0. The first kappa shape index (κ1) is 21.0. The van der Waals surface area contributed by atoms with E-state index in [1.165, 1.54) is 11.1 Å². The number of ether oxygens (including phenoxy) is 3. The molecule has 1 amide bonds. The van der Waals surface area contributed by atoms with Gasteiger partial charge in [0.15, 0.2) is 11.5 Å². The number of benzene rings is 2. The first-order chi connectivity index (χ1) is 14.0. The van der Waals surface area contributed by atoms with Crippen molar-refractivity contribution in [1.29, 1.82) is 0 Å². The van der Waals surface area contributed by atoms with E-state index in [4.69, 9.17) is 14.2 Å². The quantitative estimate of drug-likeness (QED) is 0.718. The van der Waals surface area contributed by atoms with Crippen LogP contribution in [0.15, 0.2) is 36.4 Å². The van der Waals surface area contributed by atoms with Crippen LogP contribution < -0.4 is 14.2 Å². The largest absolute Gasteiger partial charge is 0.493 e. The summed E-state index contributed by atoms with van der Waals surface area (Å²) in [6, 6.07) is 12.2. The van der Waals surface area contributed by atoms with Crippen LogP contribution in [0.3, 0.4) is 0 Å². The van der Waals surface area contributed by atoms with Crippen LogP contribution in [0.1, 0.15) is 16.7 Å². The summed E-state index contributed by atoms with van der Waals surface area (Å²) in [7, 11) is 4.73. The first-order valence-electron chi connectivity index (χ1n) is 9.89. The molecular weight excluding hydrogens is 368 g/mol. The van der Waals surface area contributed by atoms with Crippen LogP contribution in [0.2, 0.25) is 0 Å². The lowest BCUT2D eigenvalue weighted by Gasteiger charge is -2.35. The van der Waals surface area contributed by atoms with Crippen molar-refractivity contribution in [2.75, 3.05) is 47.5 Å². The zero-order valence-corrected chi connectivity index (χ0v) is 17.7. The van der Waals surface area contributed by atoms with E-state index in [1.54, 1.807) is 21.3 Å². The van der Waals surface area contributed by atoms with Gasteiger partial charge in [0.05, 0.1) is 27.8 Å². The number of carbonyl (C=O) groups excluding carboxylic acids is 1. The standard InChI is InChI=1S/C23H30N2O4/c1-17-7-5-6-8-19(17)16-24-9-11-25(12-10-24)22(26)15-18-13-20(27-2)23(29-4)21(14-18)28-3/h5-8,13-14H,9-12,15-16H2,1-4H3. The summed E-state index contributed by atoms with van der Waals surface area (Å²) < 4.78 is 16.1. The lowest BCUT2D eigenvalue weighted by atomic mass is 10.1. The normalized spacial score (nSPS) is 14.6. The minimum atomic E-state index is 0.120. The number of methoxy groups -OCH3 is 3. The van der Waals surface area contributed by atoms with Crippen molar-refractivity contribution in [3.63, 3.8) is 0 Å². The van der Waals surface area contributed by atoms with Gasteiger partial charge in [-0.3, -0.25) is 9.69 Å². The maximum Gasteiger partial charge on any atom is 0.227 e. The van der Waals surface area contributed by atoms with E-state index in [9.17, 15) is 4.79 Å². The van der Waals surface area contributed by atoms with Crippen LogP contribution in [-0.2, 0) is 17.8 Å². The Kier molecular flexibility index (Phi) is 6.99. The van der Waals surface area contributed by atoms with Gasteiger partial charge in [-0.15, -0.1) is 0 Å². The number of hydrogen-bond donors (Lipinski definition) is 0. The zero-order chi connectivity index (χ0) is 20.8. The van der Waals surface area contributed by atoms with Gasteiger partial charge < -0.3 is 19.1 Å². The van der Waals surface area contributed by atoms with E-state index in [0.717, 1.165) is 38.3 Å². The highest BCUT2D eigenvalue weighted by molar-refractivity contribution is 5.79. The molecule has 0 unspecified atom stereocenters. The van der Waals surface area contributed by atoms with Crippen molar-refractivity contribution >= 4 is 5.91 Å². The Morgan fingerprint density at radius 2 is 1.55 bits per heavy atom. The monoisotopic (exact) mass is 398 g/mol. The predicted molar refractivity (Wildman–Crippen MR) is 113 cm³/mol. The second-order valence-electron chi connectivity index (χ2n) is 7.29. The van der Waals surface area contributed by atoms with E-state index >= 15 is 0 Å². The molecule has 0 aromatic heterocycles. The van der Waals surface area contributed by atoms with E-state index in [-0.39, 0.29) is 5.91 Å². The molecule has 1 saturated heterocycles. The molecule has 0 atom stereocenters. The number of nitrogens with zero attached hydrogens (tertiary/aromatic N) is 2. The molecule has 0 radical (unpaired) electrons. The van der Waals surface area contributed by atoms with Crippen LogP contribution in [0, 0.1) is 6.92 Å². The molecule has 1 aliphatic heterocycles. The van der Waals surface area contributed by atoms with Crippen LogP contribution in [0.25, 0.3) is 0 Å². The van der Waals surface area contributed by atoms with Gasteiger partial charge in [-0.05, 0) is 35.7 Å². The number of hydrogen-bond acceptors (Lipinski definition) is 5. The van der Waals surface area contributed by atoms with Gasteiger partial charge in [-0.1, -0.05) is 24.3 Å². The summed E-state index contributed by atoms with van der Waals surface area (Å²) in [5.41, 5.74) is 3.52. The average Bonchev–Trinajstić information content (AvgIpc) is 2.75. The highest BCUT2D eigenvalue weighted by Crippen LogP contribution is 2.38. The Morgan fingerprint density at radius 3 is 2.10 bits per heavy atom. The lowest BCUT2D eigenvalue weighted by Crippen LogP contribution is -2.48. The maximum absolute atomic E-state index is 12.8. The molecular formula is C23H30N2O4. The molecule has 6 heteroatoms. The minimum absolute atomic E-state index is 0.120. The third-order valence-electron chi connectivity index (χ3n) is 5.46. The van der Waals surface area contributed by atoms with Gasteiger partial charge in [0.2, 0.25) is 11.7 Å². The van der Waals surface area contributed by atoms with E-state index in [2.05, 4.69) is 36.1 Å². The number of carbonyl (C=O) groups is 1. The third-order valence-corrected chi connectivity index (χ3v) is 5.46. The Morgan fingerprint density at radius 1 is 0.931 bits per heavy atom. The Balaban J connectivity index is 1.59. The van der Waals surface area contributed by atoms with E-state index in [0.29, 0.717) is 23.7 Å². The van der Waals surface area contributed by atoms with E-state index in [1.807, 2.05) is 17.0 Å². The summed E-state index contributed by atoms with van der Waals surface area (Å²) in [5, 5.41) is 0. The smallest absolute Gasteiger partial charge is 0.227 e. The van der Waals surface area contributed by atoms with Crippen molar-refractivity contribution in [3.8, 4) is 17.2 Å². The fourth-order valence-corrected chi connectivity index (χ4v) is 3.71. The molecule has 0 saturated carbocycles. The SMILES string of the molecule is COc1cc(CC(=O)N2CCN(Cc3ccccc3C)CC2)cc(OC)c1OC. The van der Waals surface area contributed by atoms with Crippen LogP contribution in [0.4, 0.5) is 0 Å². The number of rotatable bonds is 7. The molecule has 1 aliphatic rings. The number of piperazine rings is 1. The van der Waals surface area contributed by atoms with Crippen molar-refractivity contribution in [2.24, 2.45) is 0 Å². The van der Waals surface area contributed by atoms with Crippen LogP contribution in [0.5, 0.6) is 17.2 Å². The van der Waals surface area contributed by atoms with Crippen molar-refractivity contribution in [2.45, 2.75) is 19.9 Å². The fraction of sp³-hybridized carbons (Fsp3) is 0.435.